The van der Waals surface area contributed by atoms with Gasteiger partial charge in [0.25, 0.3) is 5.91 Å². The van der Waals surface area contributed by atoms with Crippen molar-refractivity contribution in [2.45, 2.75) is 18.7 Å². The molecule has 6 rings (SSSR count). The molecule has 3 atom stereocenters. The van der Waals surface area contributed by atoms with Crippen LogP contribution in [0.4, 0.5) is 5.69 Å². The average molecular weight is 519 g/mol. The van der Waals surface area contributed by atoms with Gasteiger partial charge in [0.2, 0.25) is 5.91 Å². The fourth-order valence-electron chi connectivity index (χ4n) is 4.83. The van der Waals surface area contributed by atoms with Crippen molar-refractivity contribution in [2.75, 3.05) is 5.06 Å². The van der Waals surface area contributed by atoms with Crippen molar-refractivity contribution in [3.05, 3.63) is 112 Å². The molecular weight excluding hydrogens is 499 g/mol. The van der Waals surface area contributed by atoms with Crippen LogP contribution in [0.5, 0.6) is 0 Å². The van der Waals surface area contributed by atoms with E-state index in [-0.39, 0.29) is 18.4 Å². The zero-order chi connectivity index (χ0) is 24.8. The minimum Gasteiger partial charge on any atom is -0.459 e. The van der Waals surface area contributed by atoms with E-state index in [1.165, 1.54) is 4.90 Å². The summed E-state index contributed by atoms with van der Waals surface area (Å²) in [6.45, 7) is 0.191. The van der Waals surface area contributed by atoms with Crippen LogP contribution in [-0.2, 0) is 21.0 Å². The third-order valence-corrected chi connectivity index (χ3v) is 7.06. The number of carbonyl (C=O) groups excluding carboxylic acids is 2. The molecule has 36 heavy (non-hydrogen) atoms. The number of rotatable bonds is 5. The van der Waals surface area contributed by atoms with Gasteiger partial charge in [-0.25, -0.2) is 5.06 Å². The highest BCUT2D eigenvalue weighted by Crippen LogP contribution is 2.48. The summed E-state index contributed by atoms with van der Waals surface area (Å²) in [5.74, 6) is -0.387. The Morgan fingerprint density at radius 2 is 1.53 bits per heavy atom. The molecule has 0 bridgehead atoms. The van der Waals surface area contributed by atoms with Crippen LogP contribution in [0.15, 0.2) is 95.4 Å². The lowest BCUT2D eigenvalue weighted by Gasteiger charge is -2.27. The van der Waals surface area contributed by atoms with Crippen molar-refractivity contribution < 1.29 is 18.8 Å². The number of para-hydroxylation sites is 1. The molecule has 2 saturated heterocycles. The number of imide groups is 1. The van der Waals surface area contributed by atoms with E-state index in [1.807, 2.05) is 60.7 Å². The van der Waals surface area contributed by atoms with Crippen LogP contribution in [0.3, 0.4) is 0 Å². The Hall–Kier alpha value is -3.58. The number of hydrogen-bond donors (Lipinski definition) is 0. The number of benzene rings is 3. The number of amides is 2. The van der Waals surface area contributed by atoms with E-state index in [0.717, 1.165) is 11.3 Å². The summed E-state index contributed by atoms with van der Waals surface area (Å²) in [5, 5.41) is 2.58. The summed E-state index contributed by atoms with van der Waals surface area (Å²) in [4.78, 5) is 34.4. The van der Waals surface area contributed by atoms with E-state index in [4.69, 9.17) is 32.5 Å². The van der Waals surface area contributed by atoms with Gasteiger partial charge in [0.05, 0.1) is 17.3 Å². The molecule has 8 heteroatoms. The molecule has 2 fully saturated rings. The van der Waals surface area contributed by atoms with Crippen LogP contribution >= 0.6 is 23.2 Å². The van der Waals surface area contributed by atoms with E-state index in [9.17, 15) is 9.59 Å². The van der Waals surface area contributed by atoms with Crippen LogP contribution in [-0.4, -0.2) is 22.8 Å². The molecule has 3 heterocycles. The van der Waals surface area contributed by atoms with Gasteiger partial charge in [-0.3, -0.25) is 19.3 Å². The number of hydroxylamine groups is 1. The van der Waals surface area contributed by atoms with Gasteiger partial charge in [0, 0.05) is 10.6 Å². The smallest absolute Gasteiger partial charge is 0.262 e. The van der Waals surface area contributed by atoms with E-state index in [2.05, 4.69) is 0 Å². The molecule has 6 nitrogen and oxygen atoms in total. The normalized spacial score (nSPS) is 21.3. The molecule has 1 aromatic heterocycles. The molecule has 180 valence electrons. The SMILES string of the molecule is O=C1[C@@H]2[C@H](ON(c3ccccc3)[C@@H]2c2ccc(-c3ccc(Cl)cc3Cl)o2)C(=O)N1Cc1ccccc1. The number of likely N-dealkylation sites (tertiary alicyclic amines) is 1. The Balaban J connectivity index is 1.38. The van der Waals surface area contributed by atoms with Gasteiger partial charge in [0.15, 0.2) is 6.10 Å². The molecule has 3 aromatic carbocycles. The summed E-state index contributed by atoms with van der Waals surface area (Å²) >= 11 is 12.5. The fourth-order valence-corrected chi connectivity index (χ4v) is 5.33. The van der Waals surface area contributed by atoms with Crippen molar-refractivity contribution in [1.82, 2.24) is 4.90 Å². The maximum Gasteiger partial charge on any atom is 0.262 e. The topological polar surface area (TPSA) is 63.0 Å². The van der Waals surface area contributed by atoms with E-state index in [1.54, 1.807) is 35.4 Å². The Kier molecular flexibility index (Phi) is 5.80. The maximum atomic E-state index is 13.7. The highest BCUT2D eigenvalue weighted by molar-refractivity contribution is 6.36. The summed E-state index contributed by atoms with van der Waals surface area (Å²) in [5.41, 5.74) is 2.26. The second-order valence-electron chi connectivity index (χ2n) is 8.73. The minimum absolute atomic E-state index is 0.191. The van der Waals surface area contributed by atoms with Crippen LogP contribution in [0.1, 0.15) is 17.4 Å². The molecular formula is C28H20Cl2N2O4. The van der Waals surface area contributed by atoms with Crippen LogP contribution < -0.4 is 5.06 Å². The molecule has 4 aromatic rings. The lowest BCUT2D eigenvalue weighted by atomic mass is 9.94. The van der Waals surface area contributed by atoms with Crippen LogP contribution in [0.25, 0.3) is 11.3 Å². The third kappa shape index (κ3) is 3.88. The molecule has 2 amide bonds. The average Bonchev–Trinajstić information content (AvgIpc) is 3.57. The summed E-state index contributed by atoms with van der Waals surface area (Å²) < 4.78 is 6.24. The molecule has 2 aliphatic heterocycles. The number of carbonyl (C=O) groups is 2. The van der Waals surface area contributed by atoms with Gasteiger partial charge in [0.1, 0.15) is 23.5 Å². The standard InChI is InChI=1S/C28H20Cl2N2O4/c29-18-11-12-20(21(30)15-18)22-13-14-23(35-22)25-24-26(36-32(25)19-9-5-2-6-10-19)28(34)31(27(24)33)16-17-7-3-1-4-8-17/h1-15,24-26H,16H2/t24-,25+,26-/m0/s1. The van der Waals surface area contributed by atoms with Crippen LogP contribution in [0.2, 0.25) is 10.0 Å². The zero-order valence-electron chi connectivity index (χ0n) is 18.9. The zero-order valence-corrected chi connectivity index (χ0v) is 20.4. The van der Waals surface area contributed by atoms with Crippen molar-refractivity contribution in [2.24, 2.45) is 5.92 Å². The number of anilines is 1. The van der Waals surface area contributed by atoms with Gasteiger partial charge in [-0.05, 0) is 48.0 Å². The lowest BCUT2D eigenvalue weighted by molar-refractivity contribution is -0.143. The highest BCUT2D eigenvalue weighted by Gasteiger charge is 2.60. The quantitative estimate of drug-likeness (QED) is 0.290. The first kappa shape index (κ1) is 22.9. The van der Waals surface area contributed by atoms with Gasteiger partial charge < -0.3 is 4.42 Å². The highest BCUT2D eigenvalue weighted by atomic mass is 35.5. The first-order valence-corrected chi connectivity index (χ1v) is 12.2. The summed E-state index contributed by atoms with van der Waals surface area (Å²) in [6, 6.07) is 26.9. The second-order valence-corrected chi connectivity index (χ2v) is 9.58. The van der Waals surface area contributed by atoms with E-state index < -0.39 is 18.1 Å². The molecule has 0 radical (unpaired) electrons. The van der Waals surface area contributed by atoms with Gasteiger partial charge in [-0.1, -0.05) is 71.7 Å². The van der Waals surface area contributed by atoms with Gasteiger partial charge >= 0.3 is 0 Å². The minimum atomic E-state index is -0.945. The Bertz CT molecular complexity index is 1440. The molecule has 0 unspecified atom stereocenters. The Morgan fingerprint density at radius 1 is 0.806 bits per heavy atom. The largest absolute Gasteiger partial charge is 0.459 e. The molecule has 0 saturated carbocycles. The first-order chi connectivity index (χ1) is 17.5. The molecule has 0 spiro atoms. The van der Waals surface area contributed by atoms with Crippen molar-refractivity contribution >= 4 is 40.7 Å². The summed E-state index contributed by atoms with van der Waals surface area (Å²) in [7, 11) is 0. The monoisotopic (exact) mass is 518 g/mol. The number of fused-ring (bicyclic) bond motifs is 1. The fraction of sp³-hybridized carbons (Fsp3) is 0.143. The maximum absolute atomic E-state index is 13.7. The van der Waals surface area contributed by atoms with Crippen molar-refractivity contribution in [1.29, 1.82) is 0 Å². The lowest BCUT2D eigenvalue weighted by Crippen LogP contribution is -2.36. The number of hydrogen-bond acceptors (Lipinski definition) is 5. The van der Waals surface area contributed by atoms with E-state index in [0.29, 0.717) is 27.1 Å². The Morgan fingerprint density at radius 3 is 2.25 bits per heavy atom. The number of nitrogens with zero attached hydrogens (tertiary/aromatic N) is 2. The summed E-state index contributed by atoms with van der Waals surface area (Å²) in [6.07, 6.45) is -0.945. The Labute approximate surface area is 217 Å². The molecule has 2 aliphatic rings. The number of halogens is 2. The molecule has 0 aliphatic carbocycles. The second kappa shape index (κ2) is 9.13. The predicted octanol–water partition coefficient (Wildman–Crippen LogP) is 6.30. The predicted molar refractivity (Wildman–Crippen MR) is 136 cm³/mol. The van der Waals surface area contributed by atoms with E-state index >= 15 is 0 Å². The number of furan rings is 1. The van der Waals surface area contributed by atoms with Gasteiger partial charge in [-0.2, -0.15) is 0 Å². The first-order valence-electron chi connectivity index (χ1n) is 11.5. The van der Waals surface area contributed by atoms with Gasteiger partial charge in [-0.15, -0.1) is 0 Å². The third-order valence-electron chi connectivity index (χ3n) is 6.52. The molecule has 0 N–H and O–H groups in total. The van der Waals surface area contributed by atoms with Crippen molar-refractivity contribution in [3.8, 4) is 11.3 Å². The van der Waals surface area contributed by atoms with Crippen LogP contribution in [0, 0.1) is 5.92 Å². The van der Waals surface area contributed by atoms with Crippen molar-refractivity contribution in [3.63, 3.8) is 0 Å².